The van der Waals surface area contributed by atoms with E-state index in [0.717, 1.165) is 38.6 Å². The zero-order valence-corrected chi connectivity index (χ0v) is 30.7. The topological polar surface area (TPSA) is 56.7 Å². The quantitative estimate of drug-likeness (QED) is 0.176. The maximum absolute atomic E-state index is 9.18. The highest BCUT2D eigenvalue weighted by Crippen LogP contribution is 2.42. The summed E-state index contributed by atoms with van der Waals surface area (Å²) in [7, 11) is 0. The summed E-state index contributed by atoms with van der Waals surface area (Å²) in [5.74, 6) is 1.03. The molecule has 0 bridgehead atoms. The third-order valence-electron chi connectivity index (χ3n) is 10.6. The molecule has 0 aliphatic rings. The molecule has 0 fully saturated rings. The molecule has 5 nitrogen and oxygen atoms in total. The number of fused-ring (bicyclic) bond motifs is 9. The van der Waals surface area contributed by atoms with Crippen LogP contribution in [0.3, 0.4) is 0 Å². The lowest BCUT2D eigenvalue weighted by molar-refractivity contribution is 0.669. The van der Waals surface area contributed by atoms with Gasteiger partial charge in [0.15, 0.2) is 17.5 Å². The van der Waals surface area contributed by atoms with E-state index >= 15 is 0 Å². The predicted molar refractivity (Wildman–Crippen MR) is 236 cm³/mol. The molecule has 12 aromatic rings. The minimum absolute atomic E-state index is 0.0596. The van der Waals surface area contributed by atoms with Gasteiger partial charge in [-0.15, -0.1) is 11.3 Å². The first kappa shape index (κ1) is 25.6. The molecular formula is C51H30N4OS. The largest absolute Gasteiger partial charge is 0.456 e. The molecule has 0 radical (unpaired) electrons. The summed E-state index contributed by atoms with van der Waals surface area (Å²) in [5.41, 5.74) is 6.07. The van der Waals surface area contributed by atoms with E-state index in [4.69, 9.17) is 27.6 Å². The Bertz CT molecular complexity index is 3970. The zero-order chi connectivity index (χ0) is 43.5. The van der Waals surface area contributed by atoms with E-state index in [0.29, 0.717) is 28.5 Å². The zero-order valence-electron chi connectivity index (χ0n) is 36.9. The molecule has 4 aromatic heterocycles. The van der Waals surface area contributed by atoms with Crippen LogP contribution in [0.2, 0.25) is 0 Å². The first-order valence-electron chi connectivity index (χ1n) is 21.9. The normalized spacial score (nSPS) is 13.6. The second-order valence-corrected chi connectivity index (χ2v) is 14.9. The third kappa shape index (κ3) is 4.98. The Balaban J connectivity index is 1.15. The Morgan fingerprint density at radius 1 is 0.474 bits per heavy atom. The van der Waals surface area contributed by atoms with E-state index in [1.54, 1.807) is 28.0 Å². The Morgan fingerprint density at radius 3 is 2.07 bits per heavy atom. The highest BCUT2D eigenvalue weighted by molar-refractivity contribution is 7.26. The van der Waals surface area contributed by atoms with Gasteiger partial charge >= 0.3 is 0 Å². The fourth-order valence-corrected chi connectivity index (χ4v) is 9.31. The number of para-hydroxylation sites is 4. The molecule has 266 valence electrons. The van der Waals surface area contributed by atoms with E-state index in [9.17, 15) is 1.37 Å². The summed E-state index contributed by atoms with van der Waals surface area (Å²) in [6.45, 7) is 0. The van der Waals surface area contributed by atoms with Gasteiger partial charge in [0.1, 0.15) is 11.2 Å². The van der Waals surface area contributed by atoms with Crippen LogP contribution in [0.5, 0.6) is 0 Å². The van der Waals surface area contributed by atoms with E-state index in [1.165, 1.54) is 26.2 Å². The van der Waals surface area contributed by atoms with Crippen LogP contribution in [0.1, 0.15) is 9.60 Å². The lowest BCUT2D eigenvalue weighted by Crippen LogP contribution is -2.03. The number of rotatable bonds is 5. The molecule has 0 aliphatic carbocycles. The van der Waals surface area contributed by atoms with Gasteiger partial charge in [-0.3, -0.25) is 0 Å². The van der Waals surface area contributed by atoms with Crippen molar-refractivity contribution in [1.82, 2.24) is 19.5 Å². The van der Waals surface area contributed by atoms with Crippen LogP contribution in [0, 0.1) is 0 Å². The number of benzene rings is 8. The second kappa shape index (κ2) is 12.6. The van der Waals surface area contributed by atoms with E-state index in [-0.39, 0.29) is 57.8 Å². The molecule has 0 atom stereocenters. The molecule has 0 aliphatic heterocycles. The number of aromatic nitrogens is 4. The number of thiophene rings is 1. The summed E-state index contributed by atoms with van der Waals surface area (Å²) >= 11 is 1.76. The number of hydrogen-bond donors (Lipinski definition) is 0. The Kier molecular flexibility index (Phi) is 5.65. The van der Waals surface area contributed by atoms with Gasteiger partial charge in [-0.25, -0.2) is 15.0 Å². The molecule has 8 aromatic carbocycles. The van der Waals surface area contributed by atoms with Crippen molar-refractivity contribution in [2.75, 3.05) is 0 Å². The van der Waals surface area contributed by atoms with Crippen LogP contribution in [-0.4, -0.2) is 19.5 Å². The predicted octanol–water partition coefficient (Wildman–Crippen LogP) is 13.9. The van der Waals surface area contributed by atoms with Gasteiger partial charge in [-0.05, 0) is 59.6 Å². The van der Waals surface area contributed by atoms with Crippen molar-refractivity contribution in [3.8, 4) is 51.0 Å². The van der Waals surface area contributed by atoms with Crippen LogP contribution < -0.4 is 0 Å². The van der Waals surface area contributed by atoms with Crippen LogP contribution in [-0.2, 0) is 0 Å². The average Bonchev–Trinajstić information content (AvgIpc) is 4.02. The first-order valence-corrected chi connectivity index (χ1v) is 19.3. The molecular weight excluding hydrogens is 717 g/mol. The Morgan fingerprint density at radius 2 is 1.12 bits per heavy atom. The summed E-state index contributed by atoms with van der Waals surface area (Å²) in [4.78, 5) is 15.6. The van der Waals surface area contributed by atoms with Gasteiger partial charge < -0.3 is 8.98 Å². The van der Waals surface area contributed by atoms with Crippen molar-refractivity contribution in [1.29, 1.82) is 0 Å². The average molecular weight is 754 g/mol. The molecule has 0 spiro atoms. The van der Waals surface area contributed by atoms with Crippen molar-refractivity contribution in [2.24, 2.45) is 0 Å². The fourth-order valence-electron chi connectivity index (χ4n) is 8.07. The molecule has 57 heavy (non-hydrogen) atoms. The Hall–Kier alpha value is -7.41. The molecule has 0 saturated carbocycles. The molecule has 0 N–H and O–H groups in total. The summed E-state index contributed by atoms with van der Waals surface area (Å²) in [5, 5.41) is 4.29. The maximum Gasteiger partial charge on any atom is 0.166 e. The second-order valence-electron chi connectivity index (χ2n) is 13.8. The standard InChI is InChI=1S/C51H30N4OS/c1-6-24-41-34(16-1)35-17-2-7-25-42(35)55(41)43-26-8-3-19-38(43)50-52-49(53-51(54-50)40-23-13-28-45-47(40)39-20-4-9-27-44(39)56-45)32-15-11-14-31(30-32)33-21-12-22-37-36-18-5-10-29-46(36)57-48(33)37/h1-30H/i1D,2D,6D,16D,17D,24D,25D. The van der Waals surface area contributed by atoms with Crippen LogP contribution >= 0.6 is 11.3 Å². The van der Waals surface area contributed by atoms with Gasteiger partial charge in [0.25, 0.3) is 0 Å². The minimum atomic E-state index is -0.468. The van der Waals surface area contributed by atoms with Gasteiger partial charge in [0.2, 0.25) is 0 Å². The molecule has 12 rings (SSSR count). The summed E-state index contributed by atoms with van der Waals surface area (Å²) < 4.78 is 72.4. The highest BCUT2D eigenvalue weighted by atomic mass is 32.1. The van der Waals surface area contributed by atoms with Crippen LogP contribution in [0.15, 0.2) is 186 Å². The lowest BCUT2D eigenvalue weighted by atomic mass is 10.0. The van der Waals surface area contributed by atoms with Gasteiger partial charge in [-0.1, -0.05) is 133 Å². The van der Waals surface area contributed by atoms with Gasteiger partial charge in [-0.2, -0.15) is 0 Å². The number of nitrogens with zero attached hydrogens (tertiary/aromatic N) is 4. The Labute approximate surface area is 340 Å². The van der Waals surface area contributed by atoms with Crippen molar-refractivity contribution in [3.63, 3.8) is 0 Å². The summed E-state index contributed by atoms with van der Waals surface area (Å²) in [6, 6.07) is 42.9. The smallest absolute Gasteiger partial charge is 0.166 e. The monoisotopic (exact) mass is 753 g/mol. The first-order chi connectivity index (χ1) is 31.2. The summed E-state index contributed by atoms with van der Waals surface area (Å²) in [6.07, 6.45) is 0. The maximum atomic E-state index is 9.18. The molecule has 0 amide bonds. The SMILES string of the molecule is [2H]c1cc([2H])c2c(c1[2H])c1c([2H])c([2H])c([2H])c([2H])c1n2-c1ccccc1-c1nc(-c2cccc(-c3cccc4c3sc3ccccc34)c2)nc(-c2cccc3oc4ccccc4c23)n1. The molecule has 0 saturated heterocycles. The van der Waals surface area contributed by atoms with Gasteiger partial charge in [0, 0.05) is 58.4 Å². The van der Waals surface area contributed by atoms with Crippen molar-refractivity contribution < 1.29 is 14.0 Å². The molecule has 0 unspecified atom stereocenters. The number of hydrogen-bond acceptors (Lipinski definition) is 5. The van der Waals surface area contributed by atoms with Crippen molar-refractivity contribution in [3.05, 3.63) is 182 Å². The third-order valence-corrected chi connectivity index (χ3v) is 11.8. The van der Waals surface area contributed by atoms with Crippen molar-refractivity contribution >= 4 is 75.3 Å². The van der Waals surface area contributed by atoms with Crippen molar-refractivity contribution in [2.45, 2.75) is 0 Å². The lowest BCUT2D eigenvalue weighted by Gasteiger charge is -2.15. The van der Waals surface area contributed by atoms with Crippen LogP contribution in [0.25, 0.3) is 115 Å². The number of furan rings is 1. The van der Waals surface area contributed by atoms with E-state index in [1.807, 2.05) is 66.7 Å². The van der Waals surface area contributed by atoms with Crippen LogP contribution in [0.4, 0.5) is 0 Å². The highest BCUT2D eigenvalue weighted by Gasteiger charge is 2.21. The minimum Gasteiger partial charge on any atom is -0.456 e. The van der Waals surface area contributed by atoms with E-state index in [2.05, 4.69) is 54.6 Å². The molecule has 4 heterocycles. The fraction of sp³-hybridized carbons (Fsp3) is 0. The van der Waals surface area contributed by atoms with Gasteiger partial charge in [0.05, 0.1) is 26.3 Å². The molecule has 6 heteroatoms. The van der Waals surface area contributed by atoms with E-state index < -0.39 is 12.1 Å².